The Bertz CT molecular complexity index is 1530. The smallest absolute Gasteiger partial charge is 0.335 e. The van der Waals surface area contributed by atoms with Crippen LogP contribution < -0.4 is 20.7 Å². The molecular formula is C35H44Cl2FN3O5. The number of carboxylic acid groups (broad SMARTS) is 1. The number of carbonyl (C=O) groups is 3. The molecule has 5 rings (SSSR count). The van der Waals surface area contributed by atoms with Gasteiger partial charge in [0.15, 0.2) is 0 Å². The van der Waals surface area contributed by atoms with Crippen LogP contribution in [0.1, 0.15) is 82.3 Å². The zero-order valence-electron chi connectivity index (χ0n) is 27.6. The second kappa shape index (κ2) is 16.8. The van der Waals surface area contributed by atoms with Gasteiger partial charge in [-0.25, -0.2) is 9.18 Å². The van der Waals surface area contributed by atoms with Gasteiger partial charge in [-0.1, -0.05) is 89.9 Å². The number of fused-ring (bicyclic) bond motifs is 2. The van der Waals surface area contributed by atoms with Crippen molar-refractivity contribution in [2.24, 2.45) is 5.41 Å². The SMILES string of the molecule is CC.CC.CC(C)(C)CC1NCC(c2cccc(Cl)c2F)[C@]12C(=O)Nc1cc(Cl)ccc12.COc1cc(C(=O)O)ccc1NC=O. The van der Waals surface area contributed by atoms with E-state index in [0.717, 1.165) is 12.0 Å². The minimum absolute atomic E-state index is 0.0120. The van der Waals surface area contributed by atoms with Crippen molar-refractivity contribution in [1.29, 1.82) is 0 Å². The Labute approximate surface area is 281 Å². The predicted octanol–water partition coefficient (Wildman–Crippen LogP) is 8.53. The minimum Gasteiger partial charge on any atom is -0.495 e. The zero-order chi connectivity index (χ0) is 34.8. The van der Waals surface area contributed by atoms with Crippen LogP contribution in [0.15, 0.2) is 54.6 Å². The van der Waals surface area contributed by atoms with Crippen LogP contribution in [0.3, 0.4) is 0 Å². The molecule has 2 amide bonds. The van der Waals surface area contributed by atoms with Crippen molar-refractivity contribution in [3.8, 4) is 5.75 Å². The third kappa shape index (κ3) is 8.18. The number of amides is 2. The van der Waals surface area contributed by atoms with Gasteiger partial charge in [0.1, 0.15) is 11.6 Å². The summed E-state index contributed by atoms with van der Waals surface area (Å²) in [7, 11) is 1.40. The first kappa shape index (κ1) is 38.5. The van der Waals surface area contributed by atoms with Crippen LogP contribution in [-0.2, 0) is 15.0 Å². The van der Waals surface area contributed by atoms with Gasteiger partial charge in [-0.2, -0.15) is 0 Å². The number of carboxylic acids is 1. The van der Waals surface area contributed by atoms with Crippen molar-refractivity contribution in [3.63, 3.8) is 0 Å². The number of anilines is 2. The lowest BCUT2D eigenvalue weighted by Crippen LogP contribution is -2.49. The fourth-order valence-electron chi connectivity index (χ4n) is 5.84. The van der Waals surface area contributed by atoms with E-state index < -0.39 is 17.2 Å². The number of halogens is 3. The minimum atomic E-state index is -1.04. The molecule has 1 saturated heterocycles. The van der Waals surface area contributed by atoms with Gasteiger partial charge in [0.2, 0.25) is 12.3 Å². The van der Waals surface area contributed by atoms with Gasteiger partial charge < -0.3 is 25.8 Å². The molecule has 2 unspecified atom stereocenters. The maximum absolute atomic E-state index is 15.0. The summed E-state index contributed by atoms with van der Waals surface area (Å²) < 4.78 is 19.9. The van der Waals surface area contributed by atoms with E-state index in [1.165, 1.54) is 31.4 Å². The molecule has 250 valence electrons. The van der Waals surface area contributed by atoms with Crippen molar-refractivity contribution in [1.82, 2.24) is 5.32 Å². The van der Waals surface area contributed by atoms with E-state index in [9.17, 15) is 14.4 Å². The average molecular weight is 677 g/mol. The fraction of sp³-hybridized carbons (Fsp3) is 0.400. The van der Waals surface area contributed by atoms with Gasteiger partial charge in [-0.3, -0.25) is 9.59 Å². The maximum atomic E-state index is 15.0. The Hall–Kier alpha value is -3.66. The molecule has 0 bridgehead atoms. The lowest BCUT2D eigenvalue weighted by atomic mass is 9.64. The van der Waals surface area contributed by atoms with Crippen LogP contribution >= 0.6 is 23.2 Å². The molecule has 0 aromatic heterocycles. The van der Waals surface area contributed by atoms with Crippen molar-refractivity contribution < 1.29 is 28.6 Å². The molecule has 2 aliphatic heterocycles. The third-order valence-corrected chi connectivity index (χ3v) is 8.08. The van der Waals surface area contributed by atoms with E-state index >= 15 is 4.39 Å². The molecule has 3 atom stereocenters. The van der Waals surface area contributed by atoms with Crippen LogP contribution in [0.25, 0.3) is 0 Å². The van der Waals surface area contributed by atoms with Gasteiger partial charge in [-0.15, -0.1) is 0 Å². The van der Waals surface area contributed by atoms with Gasteiger partial charge >= 0.3 is 5.97 Å². The zero-order valence-corrected chi connectivity index (χ0v) is 29.1. The summed E-state index contributed by atoms with van der Waals surface area (Å²) in [5.74, 6) is -1.67. The number of carbonyl (C=O) groups excluding carboxylic acids is 2. The molecule has 0 saturated carbocycles. The number of aromatic carboxylic acids is 1. The first-order valence-electron chi connectivity index (χ1n) is 15.2. The number of hydrogen-bond acceptors (Lipinski definition) is 5. The molecule has 0 radical (unpaired) electrons. The molecule has 3 aromatic rings. The second-order valence-electron chi connectivity index (χ2n) is 11.4. The van der Waals surface area contributed by atoms with Crippen molar-refractivity contribution in [3.05, 3.63) is 87.2 Å². The molecule has 11 heteroatoms. The summed E-state index contributed by atoms with van der Waals surface area (Å²) in [4.78, 5) is 34.3. The summed E-state index contributed by atoms with van der Waals surface area (Å²) in [6, 6.07) is 14.5. The van der Waals surface area contributed by atoms with Crippen LogP contribution in [0.5, 0.6) is 5.75 Å². The number of nitrogens with one attached hydrogen (secondary N) is 3. The first-order chi connectivity index (χ1) is 21.8. The van der Waals surface area contributed by atoms with Crippen molar-refractivity contribution in [2.75, 3.05) is 24.3 Å². The number of rotatable bonds is 6. The van der Waals surface area contributed by atoms with Crippen LogP contribution in [-0.4, -0.2) is 43.1 Å². The standard InChI is InChI=1S/C22H23Cl2FN2O.C9H9NO4.2C2H6/c1-21(2,3)10-18-22(14-8-7-12(23)9-17(14)27-20(22)28)15(11-26-18)13-5-4-6-16(24)19(13)25;1-14-8-4-6(9(12)13)2-3-7(8)10-5-11;2*1-2/h4-9,15,18,26H,10-11H2,1-3H3,(H,27,28);2-5H,1H3,(H,10,11)(H,12,13);2*1-2H3/t15?,18?,22-;;;/m0.../s1. The Morgan fingerprint density at radius 1 is 1.11 bits per heavy atom. The number of methoxy groups -OCH3 is 1. The Balaban J connectivity index is 0.000000345. The molecule has 3 aromatic carbocycles. The monoisotopic (exact) mass is 675 g/mol. The van der Waals surface area contributed by atoms with Crippen molar-refractivity contribution >= 4 is 52.9 Å². The maximum Gasteiger partial charge on any atom is 0.335 e. The molecule has 8 nitrogen and oxygen atoms in total. The normalized spacial score (nSPS) is 19.2. The lowest BCUT2D eigenvalue weighted by Gasteiger charge is -2.37. The molecular weight excluding hydrogens is 632 g/mol. The largest absolute Gasteiger partial charge is 0.495 e. The van der Waals surface area contributed by atoms with Gasteiger partial charge in [0.05, 0.1) is 28.8 Å². The fourth-order valence-corrected chi connectivity index (χ4v) is 6.20. The van der Waals surface area contributed by atoms with Crippen molar-refractivity contribution in [2.45, 2.75) is 72.3 Å². The highest BCUT2D eigenvalue weighted by atomic mass is 35.5. The summed E-state index contributed by atoms with van der Waals surface area (Å²) in [6.45, 7) is 14.9. The van der Waals surface area contributed by atoms with E-state index in [1.54, 1.807) is 24.3 Å². The highest BCUT2D eigenvalue weighted by Crippen LogP contribution is 2.55. The highest BCUT2D eigenvalue weighted by Gasteiger charge is 2.61. The number of benzene rings is 3. The van der Waals surface area contributed by atoms with Crippen LogP contribution in [0.2, 0.25) is 10.0 Å². The van der Waals surface area contributed by atoms with E-state index in [2.05, 4.69) is 36.7 Å². The van der Waals surface area contributed by atoms with Gasteiger partial charge in [0, 0.05) is 29.2 Å². The van der Waals surface area contributed by atoms with Gasteiger partial charge in [0.25, 0.3) is 0 Å². The van der Waals surface area contributed by atoms with E-state index in [0.29, 0.717) is 40.7 Å². The third-order valence-electron chi connectivity index (χ3n) is 7.56. The second-order valence-corrected chi connectivity index (χ2v) is 12.3. The molecule has 46 heavy (non-hydrogen) atoms. The first-order valence-corrected chi connectivity index (χ1v) is 16.0. The lowest BCUT2D eigenvalue weighted by molar-refractivity contribution is -0.122. The Morgan fingerprint density at radius 2 is 1.78 bits per heavy atom. The Morgan fingerprint density at radius 3 is 2.37 bits per heavy atom. The van der Waals surface area contributed by atoms with E-state index in [4.69, 9.17) is 33.0 Å². The summed E-state index contributed by atoms with van der Waals surface area (Å²) in [6.07, 6.45) is 1.26. The molecule has 1 fully saturated rings. The van der Waals surface area contributed by atoms with Crippen LogP contribution in [0.4, 0.5) is 15.8 Å². The quantitative estimate of drug-likeness (QED) is 0.195. The van der Waals surface area contributed by atoms with E-state index in [-0.39, 0.29) is 33.9 Å². The number of hydrogen-bond donors (Lipinski definition) is 4. The predicted molar refractivity (Wildman–Crippen MR) is 184 cm³/mol. The molecule has 1 spiro atoms. The molecule has 0 aliphatic carbocycles. The summed E-state index contributed by atoms with van der Waals surface area (Å²) in [5, 5.41) is 18.2. The average Bonchev–Trinajstić information content (AvgIpc) is 3.53. The summed E-state index contributed by atoms with van der Waals surface area (Å²) in [5.41, 5.74) is 1.65. The molecule has 2 aliphatic rings. The molecule has 2 heterocycles. The summed E-state index contributed by atoms with van der Waals surface area (Å²) >= 11 is 12.2. The topological polar surface area (TPSA) is 117 Å². The highest BCUT2D eigenvalue weighted by molar-refractivity contribution is 6.31. The van der Waals surface area contributed by atoms with E-state index in [1.807, 2.05) is 33.8 Å². The Kier molecular flexibility index (Phi) is 14.0. The van der Waals surface area contributed by atoms with Gasteiger partial charge in [-0.05, 0) is 59.4 Å². The number of ether oxygens (including phenoxy) is 1. The molecule has 4 N–H and O–H groups in total. The van der Waals surface area contributed by atoms with Crippen LogP contribution in [0, 0.1) is 11.2 Å².